The van der Waals surface area contributed by atoms with E-state index in [0.29, 0.717) is 16.7 Å². The molecule has 192 valence electrons. The highest BCUT2D eigenvalue weighted by Crippen LogP contribution is 2.34. The third-order valence-electron chi connectivity index (χ3n) is 5.27. The molecule has 37 heavy (non-hydrogen) atoms. The smallest absolute Gasteiger partial charge is 0.345 e. The largest absolute Gasteiger partial charge is 0.504 e. The van der Waals surface area contributed by atoms with Crippen LogP contribution in [0.3, 0.4) is 0 Å². The highest BCUT2D eigenvalue weighted by molar-refractivity contribution is 5.91. The summed E-state index contributed by atoms with van der Waals surface area (Å²) >= 11 is 0. The summed E-state index contributed by atoms with van der Waals surface area (Å²) in [6, 6.07) is 11.0. The maximum Gasteiger partial charge on any atom is 0.345 e. The number of carboxylic acid groups (broad SMARTS) is 1. The highest BCUT2D eigenvalue weighted by atomic mass is 16.6. The van der Waals surface area contributed by atoms with Gasteiger partial charge in [-0.1, -0.05) is 24.3 Å². The molecule has 0 unspecified atom stereocenters. The van der Waals surface area contributed by atoms with E-state index in [4.69, 9.17) is 9.47 Å². The standard InChI is InChI=1S/C27H24O10/c1-36-23-13-15(3-9-20(23)29)2-7-18-17(5-10-21(30)26(18)33)6-11-25(32)37-24(27(34)35)14-16-4-8-19(28)22(31)12-16/h2-13,24,28-31,33H,14H2,1H3,(H,34,35)/b7-2+,11-6+/t24-/m1/s1. The Hall–Kier alpha value is -5.12. The first-order valence-electron chi connectivity index (χ1n) is 10.8. The molecule has 3 rings (SSSR count). The number of phenolic OH excluding ortho intramolecular Hbond substituents is 5. The second-order valence-electron chi connectivity index (χ2n) is 7.83. The molecule has 10 heteroatoms. The predicted molar refractivity (Wildman–Crippen MR) is 133 cm³/mol. The minimum absolute atomic E-state index is 0.0520. The van der Waals surface area contributed by atoms with Gasteiger partial charge in [0.1, 0.15) is 0 Å². The predicted octanol–water partition coefficient (Wildman–Crippen LogP) is 3.65. The lowest BCUT2D eigenvalue weighted by Gasteiger charge is -2.13. The lowest BCUT2D eigenvalue weighted by atomic mass is 10.0. The van der Waals surface area contributed by atoms with E-state index in [0.717, 1.165) is 12.1 Å². The van der Waals surface area contributed by atoms with Gasteiger partial charge in [-0.15, -0.1) is 0 Å². The van der Waals surface area contributed by atoms with Crippen LogP contribution in [0, 0.1) is 0 Å². The molecular formula is C27H24O10. The molecule has 10 nitrogen and oxygen atoms in total. The van der Waals surface area contributed by atoms with Crippen LogP contribution in [0.5, 0.6) is 34.5 Å². The molecule has 0 amide bonds. The number of esters is 1. The summed E-state index contributed by atoms with van der Waals surface area (Å²) in [5, 5.41) is 58.4. The molecule has 1 atom stereocenters. The van der Waals surface area contributed by atoms with Gasteiger partial charge in [-0.25, -0.2) is 9.59 Å². The van der Waals surface area contributed by atoms with Crippen LogP contribution >= 0.6 is 0 Å². The topological polar surface area (TPSA) is 174 Å². The molecule has 3 aromatic rings. The Morgan fingerprint density at radius 1 is 0.838 bits per heavy atom. The summed E-state index contributed by atoms with van der Waals surface area (Å²) < 4.78 is 10.1. The number of phenols is 5. The molecule has 0 aliphatic rings. The number of aromatic hydroxyl groups is 5. The van der Waals surface area contributed by atoms with Crippen molar-refractivity contribution in [3.63, 3.8) is 0 Å². The Labute approximate surface area is 211 Å². The fourth-order valence-corrected chi connectivity index (χ4v) is 3.34. The number of methoxy groups -OCH3 is 1. The Morgan fingerprint density at radius 2 is 1.54 bits per heavy atom. The average molecular weight is 508 g/mol. The van der Waals surface area contributed by atoms with Gasteiger partial charge in [-0.05, 0) is 59.2 Å². The number of aliphatic carboxylic acids is 1. The van der Waals surface area contributed by atoms with Gasteiger partial charge in [0.2, 0.25) is 6.10 Å². The van der Waals surface area contributed by atoms with E-state index >= 15 is 0 Å². The van der Waals surface area contributed by atoms with Crippen LogP contribution in [-0.2, 0) is 20.7 Å². The van der Waals surface area contributed by atoms with Crippen molar-refractivity contribution in [1.82, 2.24) is 0 Å². The van der Waals surface area contributed by atoms with Gasteiger partial charge in [0.25, 0.3) is 0 Å². The minimum atomic E-state index is -1.57. The zero-order chi connectivity index (χ0) is 27.1. The van der Waals surface area contributed by atoms with Crippen molar-refractivity contribution >= 4 is 30.2 Å². The summed E-state index contributed by atoms with van der Waals surface area (Å²) in [6.45, 7) is 0. The van der Waals surface area contributed by atoms with Gasteiger partial charge < -0.3 is 40.1 Å². The van der Waals surface area contributed by atoms with E-state index in [1.807, 2.05) is 0 Å². The minimum Gasteiger partial charge on any atom is -0.504 e. The van der Waals surface area contributed by atoms with E-state index in [2.05, 4.69) is 0 Å². The van der Waals surface area contributed by atoms with Crippen LogP contribution in [0.4, 0.5) is 0 Å². The lowest BCUT2D eigenvalue weighted by Crippen LogP contribution is -2.28. The molecule has 0 radical (unpaired) electrons. The summed E-state index contributed by atoms with van der Waals surface area (Å²) in [6.07, 6.45) is 3.48. The van der Waals surface area contributed by atoms with Crippen molar-refractivity contribution in [1.29, 1.82) is 0 Å². The first-order chi connectivity index (χ1) is 17.6. The van der Waals surface area contributed by atoms with E-state index in [-0.39, 0.29) is 29.2 Å². The number of rotatable bonds is 9. The molecule has 0 fully saturated rings. The zero-order valence-electron chi connectivity index (χ0n) is 19.5. The lowest BCUT2D eigenvalue weighted by molar-refractivity contribution is -0.160. The maximum absolute atomic E-state index is 12.4. The van der Waals surface area contributed by atoms with Crippen molar-refractivity contribution in [2.24, 2.45) is 0 Å². The molecule has 0 saturated heterocycles. The van der Waals surface area contributed by atoms with Gasteiger partial charge in [-0.2, -0.15) is 0 Å². The Balaban J connectivity index is 1.80. The maximum atomic E-state index is 12.4. The van der Waals surface area contributed by atoms with Crippen LogP contribution in [-0.4, -0.2) is 55.8 Å². The molecule has 0 heterocycles. The van der Waals surface area contributed by atoms with Crippen LogP contribution in [0.2, 0.25) is 0 Å². The number of carbonyl (C=O) groups is 2. The first-order valence-corrected chi connectivity index (χ1v) is 10.8. The number of hydrogen-bond donors (Lipinski definition) is 6. The molecule has 0 saturated carbocycles. The highest BCUT2D eigenvalue weighted by Gasteiger charge is 2.22. The second-order valence-corrected chi connectivity index (χ2v) is 7.83. The molecule has 0 aliphatic heterocycles. The van der Waals surface area contributed by atoms with Crippen molar-refractivity contribution in [3.05, 3.63) is 76.9 Å². The second kappa shape index (κ2) is 11.5. The van der Waals surface area contributed by atoms with Crippen LogP contribution in [0.15, 0.2) is 54.6 Å². The fourth-order valence-electron chi connectivity index (χ4n) is 3.34. The van der Waals surface area contributed by atoms with Gasteiger partial charge >= 0.3 is 11.9 Å². The van der Waals surface area contributed by atoms with Crippen molar-refractivity contribution in [2.45, 2.75) is 12.5 Å². The molecule has 0 spiro atoms. The molecule has 3 aromatic carbocycles. The van der Waals surface area contributed by atoms with E-state index in [9.17, 15) is 40.2 Å². The Morgan fingerprint density at radius 3 is 2.22 bits per heavy atom. The van der Waals surface area contributed by atoms with E-state index < -0.39 is 35.3 Å². The average Bonchev–Trinajstić information content (AvgIpc) is 2.86. The fraction of sp³-hybridized carbons (Fsp3) is 0.111. The van der Waals surface area contributed by atoms with Crippen molar-refractivity contribution in [2.75, 3.05) is 7.11 Å². The van der Waals surface area contributed by atoms with Crippen molar-refractivity contribution < 1.29 is 49.7 Å². The molecule has 6 N–H and O–H groups in total. The molecule has 0 bridgehead atoms. The normalized spacial score (nSPS) is 12.0. The summed E-state index contributed by atoms with van der Waals surface area (Å²) in [5.41, 5.74) is 1.40. The number of hydrogen-bond acceptors (Lipinski definition) is 9. The first kappa shape index (κ1) is 26.5. The van der Waals surface area contributed by atoms with Gasteiger partial charge in [0, 0.05) is 18.1 Å². The van der Waals surface area contributed by atoms with E-state index in [1.54, 1.807) is 18.2 Å². The number of benzene rings is 3. The Bertz CT molecular complexity index is 1370. The number of carboxylic acids is 1. The number of carbonyl (C=O) groups excluding carboxylic acids is 1. The summed E-state index contributed by atoms with van der Waals surface area (Å²) in [5.74, 6) is -3.87. The van der Waals surface area contributed by atoms with Gasteiger partial charge in [0.15, 0.2) is 34.5 Å². The summed E-state index contributed by atoms with van der Waals surface area (Å²) in [4.78, 5) is 23.9. The van der Waals surface area contributed by atoms with Gasteiger partial charge in [-0.3, -0.25) is 0 Å². The molecule has 0 aliphatic carbocycles. The van der Waals surface area contributed by atoms with E-state index in [1.165, 1.54) is 49.6 Å². The quantitative estimate of drug-likeness (QED) is 0.108. The SMILES string of the molecule is COc1cc(/C=C/c2c(/C=C/C(=O)O[C@H](Cc3ccc(O)c(O)c3)C(=O)O)ccc(O)c2O)ccc1O. The van der Waals surface area contributed by atoms with Crippen LogP contribution in [0.1, 0.15) is 22.3 Å². The summed E-state index contributed by atoms with van der Waals surface area (Å²) in [7, 11) is 1.40. The zero-order valence-corrected chi connectivity index (χ0v) is 19.5. The molecular weight excluding hydrogens is 484 g/mol. The third-order valence-corrected chi connectivity index (χ3v) is 5.27. The van der Waals surface area contributed by atoms with Crippen LogP contribution in [0.25, 0.3) is 18.2 Å². The number of ether oxygens (including phenoxy) is 2. The molecule has 0 aromatic heterocycles. The third kappa shape index (κ3) is 6.73. The Kier molecular flexibility index (Phi) is 8.26. The monoisotopic (exact) mass is 508 g/mol. The van der Waals surface area contributed by atoms with Crippen molar-refractivity contribution in [3.8, 4) is 34.5 Å². The van der Waals surface area contributed by atoms with Gasteiger partial charge in [0.05, 0.1) is 7.11 Å². The van der Waals surface area contributed by atoms with Crippen LogP contribution < -0.4 is 4.74 Å².